The van der Waals surface area contributed by atoms with Gasteiger partial charge in [0.15, 0.2) is 5.11 Å². The lowest BCUT2D eigenvalue weighted by Gasteiger charge is -2.28. The van der Waals surface area contributed by atoms with Crippen LogP contribution in [0.25, 0.3) is 0 Å². The van der Waals surface area contributed by atoms with Crippen molar-refractivity contribution in [3.63, 3.8) is 0 Å². The molecule has 0 radical (unpaired) electrons. The first kappa shape index (κ1) is 21.5. The van der Waals surface area contributed by atoms with E-state index in [1.807, 2.05) is 37.3 Å². The van der Waals surface area contributed by atoms with E-state index in [-0.39, 0.29) is 11.0 Å². The Morgan fingerprint density at radius 2 is 1.81 bits per heavy atom. The van der Waals surface area contributed by atoms with Crippen LogP contribution in [0.3, 0.4) is 0 Å². The third-order valence-corrected chi connectivity index (χ3v) is 5.10. The van der Waals surface area contributed by atoms with Crippen LogP contribution in [0.1, 0.15) is 15.9 Å². The number of thiocarbonyl (C=S) groups is 1. The molecule has 0 heterocycles. The van der Waals surface area contributed by atoms with Gasteiger partial charge in [-0.3, -0.25) is 4.79 Å². The molecule has 0 fully saturated rings. The summed E-state index contributed by atoms with van der Waals surface area (Å²) in [7, 11) is 0. The number of benzene rings is 2. The van der Waals surface area contributed by atoms with Gasteiger partial charge in [0, 0.05) is 9.13 Å². The summed E-state index contributed by atoms with van der Waals surface area (Å²) in [5, 5.41) is 8.73. The number of anilines is 1. The Kier molecular flexibility index (Phi) is 7.78. The maximum absolute atomic E-state index is 12.5. The van der Waals surface area contributed by atoms with Gasteiger partial charge >= 0.3 is 0 Å². The highest BCUT2D eigenvalue weighted by Gasteiger charge is 2.35. The molecule has 1 atom stereocenters. The normalized spacial score (nSPS) is 12.2. The van der Waals surface area contributed by atoms with Crippen LogP contribution in [0, 0.1) is 10.5 Å². The summed E-state index contributed by atoms with van der Waals surface area (Å²) >= 11 is 25.5. The fraction of sp³-hybridized carbons (Fsp3) is 0.176. The minimum absolute atomic E-state index is 0.218. The van der Waals surface area contributed by atoms with Crippen molar-refractivity contribution >= 4 is 86.3 Å². The number of aryl methyl sites for hydroxylation is 1. The maximum atomic E-state index is 12.5. The van der Waals surface area contributed by atoms with Crippen LogP contribution in [0.15, 0.2) is 48.5 Å². The molecule has 0 aliphatic heterocycles. The number of halogens is 4. The van der Waals surface area contributed by atoms with Gasteiger partial charge in [-0.15, -0.1) is 0 Å². The molecular weight excluding hydrogens is 528 g/mol. The van der Waals surface area contributed by atoms with Gasteiger partial charge in [-0.1, -0.05) is 64.6 Å². The molecule has 9 heteroatoms. The molecule has 2 aromatic carbocycles. The lowest BCUT2D eigenvalue weighted by Crippen LogP contribution is -2.56. The highest BCUT2D eigenvalue weighted by molar-refractivity contribution is 14.1. The highest BCUT2D eigenvalue weighted by atomic mass is 127. The van der Waals surface area contributed by atoms with Crippen LogP contribution in [0.4, 0.5) is 5.69 Å². The van der Waals surface area contributed by atoms with Crippen LogP contribution in [-0.4, -0.2) is 21.0 Å². The Bertz CT molecular complexity index is 814. The summed E-state index contributed by atoms with van der Waals surface area (Å²) in [4.78, 5) is 12.5. The average molecular weight is 543 g/mol. The fourth-order valence-electron chi connectivity index (χ4n) is 2.05. The Morgan fingerprint density at radius 1 is 1.12 bits per heavy atom. The van der Waals surface area contributed by atoms with Gasteiger partial charge in [-0.05, 0) is 66.0 Å². The molecule has 0 bridgehead atoms. The second-order valence-corrected chi connectivity index (χ2v) is 9.34. The molecule has 1 amide bonds. The van der Waals surface area contributed by atoms with E-state index >= 15 is 0 Å². The van der Waals surface area contributed by atoms with Crippen molar-refractivity contribution in [1.82, 2.24) is 10.6 Å². The minimum Gasteiger partial charge on any atom is -0.339 e. The first-order valence-electron chi connectivity index (χ1n) is 7.43. The lowest BCUT2D eigenvalue weighted by molar-refractivity contribution is 0.0934. The van der Waals surface area contributed by atoms with Crippen LogP contribution in [-0.2, 0) is 0 Å². The van der Waals surface area contributed by atoms with Crippen LogP contribution < -0.4 is 16.0 Å². The third-order valence-electron chi connectivity index (χ3n) is 3.28. The Hall–Kier alpha value is -0.800. The number of carbonyl (C=O) groups excluding carboxylic acids is 1. The molecular formula is C17H15Cl3IN3OS. The zero-order valence-corrected chi connectivity index (χ0v) is 18.8. The van der Waals surface area contributed by atoms with Crippen molar-refractivity contribution in [3.05, 3.63) is 63.2 Å². The summed E-state index contributed by atoms with van der Waals surface area (Å²) in [6, 6.07) is 14.7. The Labute approximate surface area is 186 Å². The molecule has 0 aliphatic carbocycles. The van der Waals surface area contributed by atoms with Crippen molar-refractivity contribution < 1.29 is 4.79 Å². The second kappa shape index (κ2) is 9.41. The van der Waals surface area contributed by atoms with Gasteiger partial charge in [0.25, 0.3) is 5.91 Å². The molecule has 0 aromatic heterocycles. The van der Waals surface area contributed by atoms with Crippen molar-refractivity contribution in [3.8, 4) is 0 Å². The maximum Gasteiger partial charge on any atom is 0.252 e. The van der Waals surface area contributed by atoms with E-state index in [9.17, 15) is 4.79 Å². The molecule has 4 nitrogen and oxygen atoms in total. The quantitative estimate of drug-likeness (QED) is 0.220. The first-order valence-corrected chi connectivity index (χ1v) is 10.0. The van der Waals surface area contributed by atoms with Crippen molar-refractivity contribution in [2.24, 2.45) is 0 Å². The lowest BCUT2D eigenvalue weighted by atomic mass is 10.1. The van der Waals surface area contributed by atoms with Gasteiger partial charge in [-0.2, -0.15) is 0 Å². The molecule has 0 aliphatic rings. The second-order valence-electron chi connectivity index (χ2n) is 5.40. The monoisotopic (exact) mass is 541 g/mol. The average Bonchev–Trinajstić information content (AvgIpc) is 2.55. The highest BCUT2D eigenvalue weighted by Crippen LogP contribution is 2.29. The van der Waals surface area contributed by atoms with Gasteiger partial charge in [0.05, 0.1) is 5.69 Å². The van der Waals surface area contributed by atoms with Crippen LogP contribution >= 0.6 is 69.6 Å². The summed E-state index contributed by atoms with van der Waals surface area (Å²) in [5.74, 6) is -0.380. The van der Waals surface area contributed by atoms with E-state index in [4.69, 9.17) is 47.0 Å². The number of para-hydroxylation sites is 1. The van der Waals surface area contributed by atoms with Gasteiger partial charge in [0.2, 0.25) is 3.79 Å². The SMILES string of the molecule is Cc1cccc(C(=O)NC(NC(=S)Nc2ccccc2I)C(Cl)(Cl)Cl)c1. The summed E-state index contributed by atoms with van der Waals surface area (Å²) in [6.45, 7) is 1.89. The molecule has 0 spiro atoms. The number of nitrogens with one attached hydrogen (secondary N) is 3. The summed E-state index contributed by atoms with van der Waals surface area (Å²) in [5.41, 5.74) is 2.22. The van der Waals surface area contributed by atoms with Crippen molar-refractivity contribution in [1.29, 1.82) is 0 Å². The van der Waals surface area contributed by atoms with E-state index in [1.54, 1.807) is 18.2 Å². The predicted octanol–water partition coefficient (Wildman–Crippen LogP) is 5.01. The largest absolute Gasteiger partial charge is 0.339 e. The smallest absolute Gasteiger partial charge is 0.252 e. The number of rotatable bonds is 4. The Morgan fingerprint density at radius 3 is 2.42 bits per heavy atom. The number of carbonyl (C=O) groups is 1. The zero-order valence-electron chi connectivity index (χ0n) is 13.5. The van der Waals surface area contributed by atoms with E-state index in [0.717, 1.165) is 14.8 Å². The molecule has 0 saturated carbocycles. The standard InChI is InChI=1S/C17H15Cl3IN3OS/c1-10-5-4-6-11(9-10)14(25)23-15(17(18,19)20)24-16(26)22-13-8-3-2-7-12(13)21/h2-9,15H,1H3,(H,23,25)(H2,22,24,26). The number of alkyl halides is 3. The molecule has 138 valence electrons. The number of amides is 1. The molecule has 2 aromatic rings. The van der Waals surface area contributed by atoms with Crippen LogP contribution in [0.2, 0.25) is 0 Å². The molecule has 0 saturated heterocycles. The number of hydrogen-bond donors (Lipinski definition) is 3. The third kappa shape index (κ3) is 6.42. The molecule has 26 heavy (non-hydrogen) atoms. The van der Waals surface area contributed by atoms with E-state index in [2.05, 4.69) is 38.5 Å². The van der Waals surface area contributed by atoms with E-state index < -0.39 is 9.96 Å². The molecule has 1 unspecified atom stereocenters. The molecule has 3 N–H and O–H groups in total. The van der Waals surface area contributed by atoms with E-state index in [0.29, 0.717) is 5.56 Å². The minimum atomic E-state index is -1.81. The topological polar surface area (TPSA) is 53.2 Å². The van der Waals surface area contributed by atoms with Gasteiger partial charge in [-0.25, -0.2) is 0 Å². The number of hydrogen-bond acceptors (Lipinski definition) is 2. The van der Waals surface area contributed by atoms with Gasteiger partial charge < -0.3 is 16.0 Å². The van der Waals surface area contributed by atoms with Crippen molar-refractivity contribution in [2.75, 3.05) is 5.32 Å². The summed E-state index contributed by atoms with van der Waals surface area (Å²) in [6.07, 6.45) is -1.03. The predicted molar refractivity (Wildman–Crippen MR) is 121 cm³/mol. The first-order chi connectivity index (χ1) is 12.2. The molecule has 2 rings (SSSR count). The Balaban J connectivity index is 2.09. The van der Waals surface area contributed by atoms with E-state index in [1.165, 1.54) is 0 Å². The van der Waals surface area contributed by atoms with Crippen molar-refractivity contribution in [2.45, 2.75) is 16.9 Å². The summed E-state index contributed by atoms with van der Waals surface area (Å²) < 4.78 is -0.835. The zero-order chi connectivity index (χ0) is 19.3. The van der Waals surface area contributed by atoms with Crippen LogP contribution in [0.5, 0.6) is 0 Å². The fourth-order valence-corrected chi connectivity index (χ4v) is 3.13. The van der Waals surface area contributed by atoms with Gasteiger partial charge in [0.1, 0.15) is 6.17 Å².